The van der Waals surface area contributed by atoms with Gasteiger partial charge in [-0.25, -0.2) is 4.79 Å². The van der Waals surface area contributed by atoms with Gasteiger partial charge in [-0.3, -0.25) is 4.79 Å². The van der Waals surface area contributed by atoms with E-state index in [0.717, 1.165) is 24.0 Å². The highest BCUT2D eigenvalue weighted by Crippen LogP contribution is 2.43. The Kier molecular flexibility index (Phi) is 2.81. The number of carboxylic acid groups (broad SMARTS) is 1. The number of amides is 1. The first kappa shape index (κ1) is 12.2. The summed E-state index contributed by atoms with van der Waals surface area (Å²) in [5.41, 5.74) is 1.66. The molecule has 1 N–H and O–H groups in total. The Morgan fingerprint density at radius 1 is 1.16 bits per heavy atom. The molecule has 1 aromatic rings. The number of Topliss-reactive ketones (excluding diaryl/α,β-unsaturated/α-hetero) is 1. The molecule has 4 nitrogen and oxygen atoms in total. The molecular weight excluding hydrogens is 242 g/mol. The van der Waals surface area contributed by atoms with Crippen LogP contribution in [0.1, 0.15) is 35.2 Å². The highest BCUT2D eigenvalue weighted by molar-refractivity contribution is 6.02. The lowest BCUT2D eigenvalue weighted by molar-refractivity contribution is 0.0534. The van der Waals surface area contributed by atoms with Gasteiger partial charge in [0.2, 0.25) is 0 Å². The lowest BCUT2D eigenvalue weighted by Gasteiger charge is -2.42. The van der Waals surface area contributed by atoms with Crippen LogP contribution in [0.15, 0.2) is 24.3 Å². The molecule has 0 aromatic heterocycles. The van der Waals surface area contributed by atoms with Crippen molar-refractivity contribution in [1.82, 2.24) is 4.90 Å². The molecule has 100 valence electrons. The van der Waals surface area contributed by atoms with Crippen LogP contribution in [0.3, 0.4) is 0 Å². The van der Waals surface area contributed by atoms with E-state index < -0.39 is 6.09 Å². The molecule has 1 aromatic carbocycles. The van der Waals surface area contributed by atoms with Crippen molar-refractivity contribution in [2.24, 2.45) is 5.41 Å². The summed E-state index contributed by atoms with van der Waals surface area (Å²) >= 11 is 0. The number of nitrogens with zero attached hydrogens (tertiary/aromatic N) is 1. The molecule has 0 saturated carbocycles. The van der Waals surface area contributed by atoms with Crippen molar-refractivity contribution in [2.45, 2.75) is 25.7 Å². The van der Waals surface area contributed by atoms with Crippen LogP contribution in [0.4, 0.5) is 4.79 Å². The Bertz CT molecular complexity index is 530. The van der Waals surface area contributed by atoms with Gasteiger partial charge in [0, 0.05) is 24.1 Å². The van der Waals surface area contributed by atoms with Crippen LogP contribution >= 0.6 is 0 Å². The summed E-state index contributed by atoms with van der Waals surface area (Å²) in [4.78, 5) is 25.1. The number of ketones is 1. The van der Waals surface area contributed by atoms with Gasteiger partial charge in [0.1, 0.15) is 0 Å². The van der Waals surface area contributed by atoms with Gasteiger partial charge in [-0.05, 0) is 31.2 Å². The zero-order valence-corrected chi connectivity index (χ0v) is 10.8. The van der Waals surface area contributed by atoms with Crippen LogP contribution in [-0.4, -0.2) is 35.0 Å². The molecule has 3 rings (SSSR count). The highest BCUT2D eigenvalue weighted by atomic mass is 16.4. The molecule has 1 fully saturated rings. The van der Waals surface area contributed by atoms with E-state index in [1.165, 1.54) is 4.90 Å². The van der Waals surface area contributed by atoms with Crippen molar-refractivity contribution < 1.29 is 14.7 Å². The van der Waals surface area contributed by atoms with E-state index in [1.807, 2.05) is 24.3 Å². The first-order chi connectivity index (χ1) is 9.12. The fourth-order valence-electron chi connectivity index (χ4n) is 3.34. The van der Waals surface area contributed by atoms with Gasteiger partial charge in [-0.15, -0.1) is 0 Å². The maximum absolute atomic E-state index is 12.7. The van der Waals surface area contributed by atoms with Crippen LogP contribution < -0.4 is 0 Å². The van der Waals surface area contributed by atoms with Gasteiger partial charge in [-0.2, -0.15) is 0 Å². The van der Waals surface area contributed by atoms with Gasteiger partial charge >= 0.3 is 6.09 Å². The second-order valence-electron chi connectivity index (χ2n) is 5.54. The Morgan fingerprint density at radius 3 is 2.53 bits per heavy atom. The predicted octanol–water partition coefficient (Wildman–Crippen LogP) is 2.58. The van der Waals surface area contributed by atoms with Crippen molar-refractivity contribution in [1.29, 1.82) is 0 Å². The Hall–Kier alpha value is -1.84. The zero-order valence-electron chi connectivity index (χ0n) is 10.8. The molecule has 1 spiro atoms. The summed E-state index contributed by atoms with van der Waals surface area (Å²) < 4.78 is 0. The smallest absolute Gasteiger partial charge is 0.407 e. The van der Waals surface area contributed by atoms with Gasteiger partial charge in [0.25, 0.3) is 0 Å². The Labute approximate surface area is 112 Å². The number of hydrogen-bond acceptors (Lipinski definition) is 2. The van der Waals surface area contributed by atoms with E-state index in [9.17, 15) is 9.59 Å². The number of hydrogen-bond donors (Lipinski definition) is 1. The fraction of sp³-hybridized carbons (Fsp3) is 0.467. The summed E-state index contributed by atoms with van der Waals surface area (Å²) in [7, 11) is 0. The van der Waals surface area contributed by atoms with E-state index in [4.69, 9.17) is 5.11 Å². The topological polar surface area (TPSA) is 57.6 Å². The summed E-state index contributed by atoms with van der Waals surface area (Å²) in [6.45, 7) is 0.951. The molecular formula is C15H17NO3. The van der Waals surface area contributed by atoms with Crippen molar-refractivity contribution in [3.05, 3.63) is 35.4 Å². The molecule has 1 heterocycles. The molecule has 1 aliphatic heterocycles. The number of carbonyl (C=O) groups is 2. The summed E-state index contributed by atoms with van der Waals surface area (Å²) in [5, 5.41) is 8.99. The first-order valence-electron chi connectivity index (χ1n) is 6.73. The first-order valence-corrected chi connectivity index (χ1v) is 6.73. The van der Waals surface area contributed by atoms with Crippen LogP contribution in [0.5, 0.6) is 0 Å². The van der Waals surface area contributed by atoms with E-state index in [0.29, 0.717) is 25.9 Å². The lowest BCUT2D eigenvalue weighted by atomic mass is 9.65. The minimum Gasteiger partial charge on any atom is -0.465 e. The molecule has 19 heavy (non-hydrogen) atoms. The van der Waals surface area contributed by atoms with E-state index >= 15 is 0 Å². The average Bonchev–Trinajstić information content (AvgIpc) is 2.44. The largest absolute Gasteiger partial charge is 0.465 e. The van der Waals surface area contributed by atoms with Crippen molar-refractivity contribution in [3.8, 4) is 0 Å². The maximum Gasteiger partial charge on any atom is 0.407 e. The van der Waals surface area contributed by atoms with Crippen LogP contribution in [-0.2, 0) is 6.42 Å². The molecule has 1 aliphatic carbocycles. The quantitative estimate of drug-likeness (QED) is 0.779. The maximum atomic E-state index is 12.7. The second-order valence-corrected chi connectivity index (χ2v) is 5.54. The van der Waals surface area contributed by atoms with Crippen molar-refractivity contribution >= 4 is 11.9 Å². The minimum absolute atomic E-state index is 0.222. The molecule has 0 atom stereocenters. The molecule has 0 bridgehead atoms. The van der Waals surface area contributed by atoms with E-state index in [2.05, 4.69) is 0 Å². The third-order valence-corrected chi connectivity index (χ3v) is 4.61. The summed E-state index contributed by atoms with van der Waals surface area (Å²) in [6, 6.07) is 7.80. The number of benzene rings is 1. The number of rotatable bonds is 0. The average molecular weight is 259 g/mol. The molecule has 4 heteroatoms. The van der Waals surface area contributed by atoms with E-state index in [-0.39, 0.29) is 11.2 Å². The van der Waals surface area contributed by atoms with Crippen LogP contribution in [0, 0.1) is 5.41 Å². The molecule has 1 amide bonds. The number of fused-ring (bicyclic) bond motifs is 1. The summed E-state index contributed by atoms with van der Waals surface area (Å²) in [6.07, 6.45) is 2.23. The molecule has 0 unspecified atom stereocenters. The summed E-state index contributed by atoms with van der Waals surface area (Å²) in [5.74, 6) is 0.222. The zero-order chi connectivity index (χ0) is 13.5. The number of carbonyl (C=O) groups excluding carboxylic acids is 1. The second kappa shape index (κ2) is 4.37. The SMILES string of the molecule is O=C(O)N1CCC2(CCc3ccccc3C2=O)CC1. The Morgan fingerprint density at radius 2 is 1.84 bits per heavy atom. The molecule has 0 radical (unpaired) electrons. The molecule has 1 saturated heterocycles. The van der Waals surface area contributed by atoms with Gasteiger partial charge in [0.05, 0.1) is 0 Å². The standard InChI is InChI=1S/C15H17NO3/c17-13-12-4-2-1-3-11(12)5-6-15(13)7-9-16(10-8-15)14(18)19/h1-4H,5-10H2,(H,18,19). The molecule has 2 aliphatic rings. The van der Waals surface area contributed by atoms with Crippen molar-refractivity contribution in [3.63, 3.8) is 0 Å². The van der Waals surface area contributed by atoms with Gasteiger partial charge < -0.3 is 10.0 Å². The lowest BCUT2D eigenvalue weighted by Crippen LogP contribution is -2.47. The van der Waals surface area contributed by atoms with Crippen molar-refractivity contribution in [2.75, 3.05) is 13.1 Å². The minimum atomic E-state index is -0.876. The number of aryl methyl sites for hydroxylation is 1. The Balaban J connectivity index is 1.85. The number of piperidine rings is 1. The monoisotopic (exact) mass is 259 g/mol. The highest BCUT2D eigenvalue weighted by Gasteiger charge is 2.44. The van der Waals surface area contributed by atoms with Gasteiger partial charge in [-0.1, -0.05) is 24.3 Å². The third kappa shape index (κ3) is 1.91. The van der Waals surface area contributed by atoms with Gasteiger partial charge in [0.15, 0.2) is 5.78 Å². The normalized spacial score (nSPS) is 21.3. The number of likely N-dealkylation sites (tertiary alicyclic amines) is 1. The predicted molar refractivity (Wildman–Crippen MR) is 70.4 cm³/mol. The van der Waals surface area contributed by atoms with Crippen LogP contribution in [0.2, 0.25) is 0 Å². The third-order valence-electron chi connectivity index (χ3n) is 4.61. The van der Waals surface area contributed by atoms with Crippen LogP contribution in [0.25, 0.3) is 0 Å². The fourth-order valence-corrected chi connectivity index (χ4v) is 3.34. The van der Waals surface area contributed by atoms with E-state index in [1.54, 1.807) is 0 Å².